The number of phenolic OH excluding ortho intramolecular Hbond substituents is 1. The molecule has 9 heteroatoms. The number of rotatable bonds is 6. The minimum atomic E-state index is -0.0461. The maximum atomic E-state index is 12.4. The van der Waals surface area contributed by atoms with Crippen molar-refractivity contribution in [1.82, 2.24) is 25.1 Å². The van der Waals surface area contributed by atoms with Crippen LogP contribution in [0.15, 0.2) is 53.7 Å². The maximum absolute atomic E-state index is 12.4. The average molecular weight is 390 g/mol. The quantitative estimate of drug-likeness (QED) is 0.652. The van der Waals surface area contributed by atoms with Gasteiger partial charge in [-0.2, -0.15) is 4.68 Å². The third kappa shape index (κ3) is 4.53. The minimum Gasteiger partial charge on any atom is -0.508 e. The summed E-state index contributed by atoms with van der Waals surface area (Å²) in [5, 5.41) is 22.1. The molecule has 0 saturated carbocycles. The van der Waals surface area contributed by atoms with Crippen LogP contribution in [0.4, 0.5) is 0 Å². The number of halogens is 1. The van der Waals surface area contributed by atoms with Crippen LogP contribution in [0.3, 0.4) is 0 Å². The summed E-state index contributed by atoms with van der Waals surface area (Å²) in [5.41, 5.74) is 1.67. The van der Waals surface area contributed by atoms with Crippen LogP contribution in [0.2, 0.25) is 5.02 Å². The number of benzene rings is 2. The van der Waals surface area contributed by atoms with Gasteiger partial charge in [0.25, 0.3) is 0 Å². The molecule has 0 atom stereocenters. The zero-order valence-corrected chi connectivity index (χ0v) is 15.5. The van der Waals surface area contributed by atoms with Gasteiger partial charge in [0.1, 0.15) is 5.75 Å². The van der Waals surface area contributed by atoms with Crippen molar-refractivity contribution >= 4 is 29.3 Å². The average Bonchev–Trinajstić information content (AvgIpc) is 3.09. The predicted molar refractivity (Wildman–Crippen MR) is 99.5 cm³/mol. The van der Waals surface area contributed by atoms with Gasteiger partial charge in [-0.05, 0) is 52.4 Å². The van der Waals surface area contributed by atoms with E-state index in [2.05, 4.69) is 15.5 Å². The number of thioether (sulfide) groups is 1. The molecule has 0 aliphatic heterocycles. The van der Waals surface area contributed by atoms with E-state index in [1.807, 2.05) is 18.2 Å². The third-order valence-electron chi connectivity index (χ3n) is 3.59. The monoisotopic (exact) mass is 389 g/mol. The number of carbonyl (C=O) groups excluding carboxylic acids is 1. The van der Waals surface area contributed by atoms with Crippen molar-refractivity contribution < 1.29 is 9.90 Å². The Hall–Kier alpha value is -2.58. The molecule has 0 spiro atoms. The molecule has 1 heterocycles. The largest absolute Gasteiger partial charge is 0.508 e. The van der Waals surface area contributed by atoms with Gasteiger partial charge in [0.2, 0.25) is 11.1 Å². The zero-order valence-electron chi connectivity index (χ0n) is 13.9. The van der Waals surface area contributed by atoms with Gasteiger partial charge in [0.15, 0.2) is 0 Å². The van der Waals surface area contributed by atoms with E-state index in [0.717, 1.165) is 5.56 Å². The topological polar surface area (TPSA) is 84.1 Å². The summed E-state index contributed by atoms with van der Waals surface area (Å²) >= 11 is 7.22. The first-order chi connectivity index (χ1) is 12.5. The number of carbonyl (C=O) groups is 1. The van der Waals surface area contributed by atoms with Crippen LogP contribution in [-0.2, 0) is 11.3 Å². The Labute approximate surface area is 159 Å². The Kier molecular flexibility index (Phi) is 5.75. The zero-order chi connectivity index (χ0) is 18.5. The van der Waals surface area contributed by atoms with Gasteiger partial charge < -0.3 is 10.0 Å². The summed E-state index contributed by atoms with van der Waals surface area (Å²) in [5.74, 6) is 0.319. The Bertz CT molecular complexity index is 900. The smallest absolute Gasteiger partial charge is 0.233 e. The van der Waals surface area contributed by atoms with Crippen LogP contribution in [0.5, 0.6) is 5.75 Å². The standard InChI is InChI=1S/C17H16ClN5O2S/c1-22(10-12-3-2-4-13(18)9-12)16(25)11-26-17-19-20-21-23(17)14-5-7-15(24)8-6-14/h2-9,24H,10-11H2,1H3. The van der Waals surface area contributed by atoms with E-state index >= 15 is 0 Å². The molecule has 0 aliphatic carbocycles. The van der Waals surface area contributed by atoms with Gasteiger partial charge in [-0.25, -0.2) is 0 Å². The number of aromatic nitrogens is 4. The molecule has 0 unspecified atom stereocenters. The van der Waals surface area contributed by atoms with Gasteiger partial charge in [0, 0.05) is 18.6 Å². The molecule has 0 aliphatic rings. The molecule has 1 N–H and O–H groups in total. The first kappa shape index (κ1) is 18.2. The highest BCUT2D eigenvalue weighted by Crippen LogP contribution is 2.20. The van der Waals surface area contributed by atoms with E-state index in [9.17, 15) is 9.90 Å². The predicted octanol–water partition coefficient (Wildman–Crippen LogP) is 2.77. The maximum Gasteiger partial charge on any atom is 0.233 e. The molecule has 1 amide bonds. The summed E-state index contributed by atoms with van der Waals surface area (Å²) in [6, 6.07) is 13.9. The molecule has 3 aromatic rings. The highest BCUT2D eigenvalue weighted by Gasteiger charge is 2.14. The first-order valence-electron chi connectivity index (χ1n) is 7.72. The van der Waals surface area contributed by atoms with Gasteiger partial charge in [0.05, 0.1) is 11.4 Å². The molecule has 0 bridgehead atoms. The SMILES string of the molecule is CN(Cc1cccc(Cl)c1)C(=O)CSc1nnnn1-c1ccc(O)cc1. The lowest BCUT2D eigenvalue weighted by Gasteiger charge is -2.17. The van der Waals surface area contributed by atoms with E-state index in [-0.39, 0.29) is 17.4 Å². The second-order valence-corrected chi connectivity index (χ2v) is 6.94. The van der Waals surface area contributed by atoms with Crippen molar-refractivity contribution in [1.29, 1.82) is 0 Å². The normalized spacial score (nSPS) is 10.7. The Morgan fingerprint density at radius 3 is 2.77 bits per heavy atom. The number of hydrogen-bond acceptors (Lipinski definition) is 6. The van der Waals surface area contributed by atoms with Crippen molar-refractivity contribution in [3.05, 3.63) is 59.1 Å². The van der Waals surface area contributed by atoms with Crippen LogP contribution >= 0.6 is 23.4 Å². The van der Waals surface area contributed by atoms with E-state index in [0.29, 0.717) is 22.4 Å². The van der Waals surface area contributed by atoms with Gasteiger partial charge in [-0.1, -0.05) is 35.5 Å². The molecule has 3 rings (SSSR count). The van der Waals surface area contributed by atoms with Gasteiger partial charge in [-0.15, -0.1) is 5.10 Å². The molecule has 0 radical (unpaired) electrons. The summed E-state index contributed by atoms with van der Waals surface area (Å²) in [7, 11) is 1.74. The van der Waals surface area contributed by atoms with E-state index in [1.165, 1.54) is 16.4 Å². The van der Waals surface area contributed by atoms with Crippen molar-refractivity contribution in [3.63, 3.8) is 0 Å². The Balaban J connectivity index is 1.61. The summed E-state index contributed by atoms with van der Waals surface area (Å²) in [6.07, 6.45) is 0. The molecule has 7 nitrogen and oxygen atoms in total. The van der Waals surface area contributed by atoms with Crippen molar-refractivity contribution in [2.75, 3.05) is 12.8 Å². The van der Waals surface area contributed by atoms with E-state index in [4.69, 9.17) is 11.6 Å². The number of nitrogens with zero attached hydrogens (tertiary/aromatic N) is 5. The van der Waals surface area contributed by atoms with Crippen LogP contribution in [0.1, 0.15) is 5.56 Å². The fourth-order valence-corrected chi connectivity index (χ4v) is 3.30. The molecular weight excluding hydrogens is 374 g/mol. The number of aromatic hydroxyl groups is 1. The first-order valence-corrected chi connectivity index (χ1v) is 9.08. The number of hydrogen-bond donors (Lipinski definition) is 1. The number of tetrazole rings is 1. The lowest BCUT2D eigenvalue weighted by atomic mass is 10.2. The molecule has 0 fully saturated rings. The molecule has 1 aromatic heterocycles. The van der Waals surface area contributed by atoms with Gasteiger partial charge in [-0.3, -0.25) is 4.79 Å². The van der Waals surface area contributed by atoms with Crippen LogP contribution < -0.4 is 0 Å². The van der Waals surface area contributed by atoms with Crippen LogP contribution in [0.25, 0.3) is 5.69 Å². The molecular formula is C17H16ClN5O2S. The summed E-state index contributed by atoms with van der Waals surface area (Å²) in [6.45, 7) is 0.475. The van der Waals surface area contributed by atoms with E-state index in [1.54, 1.807) is 42.3 Å². The van der Waals surface area contributed by atoms with Crippen molar-refractivity contribution in [3.8, 4) is 11.4 Å². The Morgan fingerprint density at radius 2 is 2.04 bits per heavy atom. The second kappa shape index (κ2) is 8.20. The van der Waals surface area contributed by atoms with Crippen LogP contribution in [0, 0.1) is 0 Å². The second-order valence-electron chi connectivity index (χ2n) is 5.56. The molecule has 0 saturated heterocycles. The van der Waals surface area contributed by atoms with Gasteiger partial charge >= 0.3 is 0 Å². The van der Waals surface area contributed by atoms with E-state index < -0.39 is 0 Å². The highest BCUT2D eigenvalue weighted by atomic mass is 35.5. The lowest BCUT2D eigenvalue weighted by Crippen LogP contribution is -2.27. The lowest BCUT2D eigenvalue weighted by molar-refractivity contribution is -0.127. The summed E-state index contributed by atoms with van der Waals surface area (Å²) < 4.78 is 1.52. The van der Waals surface area contributed by atoms with Crippen molar-refractivity contribution in [2.45, 2.75) is 11.7 Å². The number of phenols is 1. The highest BCUT2D eigenvalue weighted by molar-refractivity contribution is 7.99. The minimum absolute atomic E-state index is 0.0461. The third-order valence-corrected chi connectivity index (χ3v) is 4.73. The molecule has 26 heavy (non-hydrogen) atoms. The summed E-state index contributed by atoms with van der Waals surface area (Å²) in [4.78, 5) is 14.0. The molecule has 2 aromatic carbocycles. The molecule has 134 valence electrons. The van der Waals surface area contributed by atoms with Crippen LogP contribution in [-0.4, -0.2) is 48.9 Å². The Morgan fingerprint density at radius 1 is 1.27 bits per heavy atom. The van der Waals surface area contributed by atoms with Crippen molar-refractivity contribution in [2.24, 2.45) is 0 Å². The fourth-order valence-electron chi connectivity index (χ4n) is 2.26. The number of amides is 1. The fraction of sp³-hybridized carbons (Fsp3) is 0.176.